The van der Waals surface area contributed by atoms with Gasteiger partial charge in [-0.3, -0.25) is 0 Å². The summed E-state index contributed by atoms with van der Waals surface area (Å²) in [7, 11) is -4.24. The summed E-state index contributed by atoms with van der Waals surface area (Å²) < 4.78 is 79.9. The Balaban J connectivity index is 1.69. The van der Waals surface area contributed by atoms with Crippen LogP contribution in [0, 0.1) is 5.21 Å². The predicted molar refractivity (Wildman–Crippen MR) is 103 cm³/mol. The fraction of sp³-hybridized carbons (Fsp3) is 0.450. The number of alkyl halides is 3. The molecule has 1 aromatic heterocycles. The van der Waals surface area contributed by atoms with Gasteiger partial charge in [0.05, 0.1) is 23.2 Å². The van der Waals surface area contributed by atoms with Crippen molar-refractivity contribution in [1.82, 2.24) is 4.31 Å². The van der Waals surface area contributed by atoms with Gasteiger partial charge < -0.3 is 14.7 Å². The number of hydrogen-bond donors (Lipinski definition) is 0. The number of nitrogens with zero attached hydrogens (tertiary/aromatic N) is 2. The number of sulfonamides is 1. The molecule has 0 bridgehead atoms. The van der Waals surface area contributed by atoms with Gasteiger partial charge in [-0.2, -0.15) is 22.2 Å². The van der Waals surface area contributed by atoms with Crippen LogP contribution in [0.25, 0.3) is 11.3 Å². The van der Waals surface area contributed by atoms with E-state index in [0.29, 0.717) is 17.4 Å². The van der Waals surface area contributed by atoms with Gasteiger partial charge in [0.2, 0.25) is 15.7 Å². The van der Waals surface area contributed by atoms with Gasteiger partial charge in [-0.25, -0.2) is 8.42 Å². The largest absolute Gasteiger partial charge is 0.618 e. The SMILES string of the molecule is C[C@H]1COC2(CCN(S(=O)(=O)c3cc(-c4cccc[n+]4[O-])cc(C(F)(F)F)c3)CC2)O1. The van der Waals surface area contributed by atoms with Crippen molar-refractivity contribution in [2.24, 2.45) is 0 Å². The van der Waals surface area contributed by atoms with Crippen LogP contribution in [0.2, 0.25) is 0 Å². The number of pyridine rings is 1. The maximum absolute atomic E-state index is 13.5. The Kier molecular flexibility index (Phi) is 5.49. The molecule has 1 spiro atoms. The summed E-state index contributed by atoms with van der Waals surface area (Å²) in [4.78, 5) is -0.515. The lowest BCUT2D eigenvalue weighted by molar-refractivity contribution is -0.593. The van der Waals surface area contributed by atoms with E-state index < -0.39 is 32.4 Å². The Labute approximate surface area is 177 Å². The second kappa shape index (κ2) is 7.73. The molecule has 2 aromatic rings. The highest BCUT2D eigenvalue weighted by atomic mass is 32.2. The third-order valence-corrected chi connectivity index (χ3v) is 7.35. The molecule has 0 saturated carbocycles. The average molecular weight is 458 g/mol. The minimum absolute atomic E-state index is 0.0491. The van der Waals surface area contributed by atoms with Gasteiger partial charge in [0, 0.05) is 43.6 Å². The molecule has 7 nitrogen and oxygen atoms in total. The van der Waals surface area contributed by atoms with Gasteiger partial charge in [0.1, 0.15) is 0 Å². The summed E-state index contributed by atoms with van der Waals surface area (Å²) in [6.07, 6.45) is -3.19. The van der Waals surface area contributed by atoms with Crippen LogP contribution in [-0.2, 0) is 25.7 Å². The Morgan fingerprint density at radius 2 is 1.90 bits per heavy atom. The molecule has 0 amide bonds. The fourth-order valence-electron chi connectivity index (χ4n) is 3.89. The van der Waals surface area contributed by atoms with E-state index in [2.05, 4.69) is 0 Å². The monoisotopic (exact) mass is 458 g/mol. The molecule has 11 heteroatoms. The minimum atomic E-state index is -4.78. The molecule has 1 atom stereocenters. The zero-order chi connectivity index (χ0) is 22.4. The maximum atomic E-state index is 13.5. The lowest BCUT2D eigenvalue weighted by atomic mass is 10.1. The molecule has 0 unspecified atom stereocenters. The van der Waals surface area contributed by atoms with Crippen LogP contribution < -0.4 is 4.73 Å². The molecule has 0 aliphatic carbocycles. The van der Waals surface area contributed by atoms with Crippen molar-refractivity contribution in [2.45, 2.75) is 42.7 Å². The Hall–Kier alpha value is -2.21. The maximum Gasteiger partial charge on any atom is 0.416 e. The first-order valence-corrected chi connectivity index (χ1v) is 11.2. The highest BCUT2D eigenvalue weighted by Gasteiger charge is 2.45. The van der Waals surface area contributed by atoms with Gasteiger partial charge in [0.25, 0.3) is 0 Å². The molecule has 168 valence electrons. The zero-order valence-corrected chi connectivity index (χ0v) is 17.4. The van der Waals surface area contributed by atoms with Crippen molar-refractivity contribution in [1.29, 1.82) is 0 Å². The molecule has 2 aliphatic rings. The molecule has 2 fully saturated rings. The second-order valence-electron chi connectivity index (χ2n) is 7.71. The highest BCUT2D eigenvalue weighted by Crippen LogP contribution is 2.38. The van der Waals surface area contributed by atoms with Crippen molar-refractivity contribution in [3.05, 3.63) is 53.4 Å². The Morgan fingerprint density at radius 3 is 2.48 bits per heavy atom. The average Bonchev–Trinajstić information content (AvgIpc) is 3.07. The molecule has 3 heterocycles. The molecule has 2 saturated heterocycles. The van der Waals surface area contributed by atoms with Crippen LogP contribution in [0.1, 0.15) is 25.3 Å². The van der Waals surface area contributed by atoms with Crippen LogP contribution in [-0.4, -0.2) is 44.3 Å². The van der Waals surface area contributed by atoms with E-state index in [1.54, 1.807) is 0 Å². The smallest absolute Gasteiger partial charge is 0.416 e. The van der Waals surface area contributed by atoms with Crippen molar-refractivity contribution in [2.75, 3.05) is 19.7 Å². The molecule has 0 N–H and O–H groups in total. The molecule has 0 radical (unpaired) electrons. The standard InChI is InChI=1S/C20H21F3N2O5S/c1-14-13-29-19(30-14)5-8-24(9-6-19)31(27,28)17-11-15(10-16(12-17)20(21,22)23)18-4-2-3-7-25(18)26/h2-4,7,10-12,14H,5-6,8-9,13H2,1H3/t14-/m0/s1. The number of benzene rings is 1. The molecule has 31 heavy (non-hydrogen) atoms. The minimum Gasteiger partial charge on any atom is -0.618 e. The van der Waals surface area contributed by atoms with E-state index in [-0.39, 0.29) is 43.3 Å². The van der Waals surface area contributed by atoms with Crippen LogP contribution in [0.3, 0.4) is 0 Å². The van der Waals surface area contributed by atoms with Crippen LogP contribution in [0.5, 0.6) is 0 Å². The van der Waals surface area contributed by atoms with Gasteiger partial charge in [-0.15, -0.1) is 0 Å². The number of piperidine rings is 1. The van der Waals surface area contributed by atoms with E-state index in [0.717, 1.165) is 22.6 Å². The van der Waals surface area contributed by atoms with Crippen LogP contribution in [0.15, 0.2) is 47.5 Å². The van der Waals surface area contributed by atoms with Crippen molar-refractivity contribution >= 4 is 10.0 Å². The quantitative estimate of drug-likeness (QED) is 0.522. The summed E-state index contributed by atoms with van der Waals surface area (Å²) in [5, 5.41) is 12.1. The Bertz CT molecular complexity index is 1080. The topological polar surface area (TPSA) is 82.8 Å². The van der Waals surface area contributed by atoms with Crippen molar-refractivity contribution < 1.29 is 35.8 Å². The van der Waals surface area contributed by atoms with Gasteiger partial charge >= 0.3 is 6.18 Å². The zero-order valence-electron chi connectivity index (χ0n) is 16.6. The highest BCUT2D eigenvalue weighted by molar-refractivity contribution is 7.89. The van der Waals surface area contributed by atoms with E-state index in [9.17, 15) is 26.8 Å². The summed E-state index contributed by atoms with van der Waals surface area (Å²) in [6.45, 7) is 2.37. The van der Waals surface area contributed by atoms with Crippen molar-refractivity contribution in [3.8, 4) is 11.3 Å². The number of rotatable bonds is 3. The molecule has 4 rings (SSSR count). The van der Waals surface area contributed by atoms with Gasteiger partial charge in [-0.05, 0) is 31.2 Å². The molecular weight excluding hydrogens is 437 g/mol. The van der Waals surface area contributed by atoms with Crippen LogP contribution >= 0.6 is 0 Å². The van der Waals surface area contributed by atoms with E-state index >= 15 is 0 Å². The third kappa shape index (κ3) is 4.27. The lowest BCUT2D eigenvalue weighted by Gasteiger charge is -2.37. The number of hydrogen-bond acceptors (Lipinski definition) is 5. The first kappa shape index (κ1) is 22.0. The fourth-order valence-corrected chi connectivity index (χ4v) is 5.41. The van der Waals surface area contributed by atoms with E-state index in [4.69, 9.17) is 9.47 Å². The summed E-state index contributed by atoms with van der Waals surface area (Å²) in [5.41, 5.74) is -1.35. The first-order chi connectivity index (χ1) is 14.5. The van der Waals surface area contributed by atoms with Crippen molar-refractivity contribution in [3.63, 3.8) is 0 Å². The number of halogens is 3. The van der Waals surface area contributed by atoms with E-state index in [1.807, 2.05) is 6.92 Å². The normalized spacial score (nSPS) is 22.1. The van der Waals surface area contributed by atoms with Crippen LogP contribution in [0.4, 0.5) is 13.2 Å². The van der Waals surface area contributed by atoms with Gasteiger partial charge in [0.15, 0.2) is 12.0 Å². The molecular formula is C20H21F3N2O5S. The Morgan fingerprint density at radius 1 is 1.19 bits per heavy atom. The number of aromatic nitrogens is 1. The third-order valence-electron chi connectivity index (χ3n) is 5.47. The second-order valence-corrected chi connectivity index (χ2v) is 9.65. The predicted octanol–water partition coefficient (Wildman–Crippen LogP) is 2.92. The summed E-state index contributed by atoms with van der Waals surface area (Å²) in [5.74, 6) is -0.845. The summed E-state index contributed by atoms with van der Waals surface area (Å²) >= 11 is 0. The summed E-state index contributed by atoms with van der Waals surface area (Å²) in [6, 6.07) is 6.73. The molecule has 2 aliphatic heterocycles. The lowest BCUT2D eigenvalue weighted by Crippen LogP contribution is -2.47. The number of ether oxygens (including phenoxy) is 2. The van der Waals surface area contributed by atoms with E-state index in [1.165, 1.54) is 18.2 Å². The first-order valence-electron chi connectivity index (χ1n) is 9.73. The van der Waals surface area contributed by atoms with Gasteiger partial charge in [-0.1, -0.05) is 0 Å². The molecule has 1 aromatic carbocycles.